The number of carbonyl (C=O) groups is 1. The van der Waals surface area contributed by atoms with E-state index in [1.807, 2.05) is 24.1 Å². The molecular weight excluding hydrogens is 475 g/mol. The molecule has 1 saturated carbocycles. The third kappa shape index (κ3) is 6.67. The van der Waals surface area contributed by atoms with E-state index >= 15 is 0 Å². The van der Waals surface area contributed by atoms with Crippen molar-refractivity contribution in [3.8, 4) is 0 Å². The quantitative estimate of drug-likeness (QED) is 0.328. The number of amides is 1. The fourth-order valence-electron chi connectivity index (χ4n) is 5.31. The van der Waals surface area contributed by atoms with Gasteiger partial charge in [0.1, 0.15) is 0 Å². The van der Waals surface area contributed by atoms with Crippen molar-refractivity contribution < 1.29 is 4.79 Å². The molecule has 5 heteroatoms. The molecule has 0 radical (unpaired) electrons. The number of rotatable bonds is 9. The maximum Gasteiger partial charge on any atom is 0.256 e. The lowest BCUT2D eigenvalue weighted by Gasteiger charge is -2.35. The molecule has 1 aliphatic carbocycles. The zero-order valence-electron chi connectivity index (χ0n) is 20.3. The number of halogens is 2. The van der Waals surface area contributed by atoms with Crippen LogP contribution in [0.1, 0.15) is 53.1 Å². The Hall–Kier alpha value is -2.33. The summed E-state index contributed by atoms with van der Waals surface area (Å²) in [6.45, 7) is 2.35. The van der Waals surface area contributed by atoms with E-state index < -0.39 is 0 Å². The molecule has 4 rings (SSSR count). The summed E-state index contributed by atoms with van der Waals surface area (Å²) in [5, 5.41) is 4.12. The van der Waals surface area contributed by atoms with Crippen LogP contribution < -0.4 is 5.32 Å². The second-order valence-electron chi connectivity index (χ2n) is 9.63. The van der Waals surface area contributed by atoms with Crippen LogP contribution in [0.25, 0.3) is 0 Å². The first-order valence-electron chi connectivity index (χ1n) is 12.5. The summed E-state index contributed by atoms with van der Waals surface area (Å²) in [7, 11) is 2.02. The van der Waals surface area contributed by atoms with Crippen LogP contribution in [0, 0.1) is 11.8 Å². The van der Waals surface area contributed by atoms with Crippen LogP contribution in [-0.4, -0.2) is 37.5 Å². The number of carbonyl (C=O) groups excluding carboxylic acids is 1. The number of nitrogens with one attached hydrogen (secondary N) is 1. The highest BCUT2D eigenvalue weighted by Crippen LogP contribution is 2.33. The molecule has 0 aliphatic heterocycles. The Balaban J connectivity index is 1.64. The Kier molecular flexibility index (Phi) is 9.25. The van der Waals surface area contributed by atoms with Gasteiger partial charge in [-0.25, -0.2) is 0 Å². The van der Waals surface area contributed by atoms with Crippen molar-refractivity contribution in [2.45, 2.75) is 31.6 Å². The van der Waals surface area contributed by atoms with Gasteiger partial charge in [-0.3, -0.25) is 4.79 Å². The molecule has 3 aromatic carbocycles. The molecule has 1 amide bonds. The van der Waals surface area contributed by atoms with Crippen LogP contribution in [0.5, 0.6) is 0 Å². The second-order valence-corrected chi connectivity index (χ2v) is 10.4. The Morgan fingerprint density at radius 3 is 1.86 bits per heavy atom. The van der Waals surface area contributed by atoms with Gasteiger partial charge in [0.25, 0.3) is 5.91 Å². The standard InChI is InChI=1S/C30H34Cl2N2O/c1-33-19-22-15-17-23(18-16-22)20-34(30(35)29-27(31)13-8-14-28(29)32)21-26(24-9-4-2-5-10-24)25-11-6-3-7-12-25/h2-14,22-23,26,33H,15-21H2,1H3. The van der Waals surface area contributed by atoms with Gasteiger partial charge in [0.15, 0.2) is 0 Å². The fraction of sp³-hybridized carbons (Fsp3) is 0.367. The molecule has 0 unspecified atom stereocenters. The van der Waals surface area contributed by atoms with Gasteiger partial charge in [-0.05, 0) is 74.4 Å². The van der Waals surface area contributed by atoms with Gasteiger partial charge in [-0.15, -0.1) is 0 Å². The van der Waals surface area contributed by atoms with Crippen molar-refractivity contribution in [2.75, 3.05) is 26.7 Å². The van der Waals surface area contributed by atoms with Crippen LogP contribution in [0.3, 0.4) is 0 Å². The van der Waals surface area contributed by atoms with E-state index in [0.717, 1.165) is 25.3 Å². The van der Waals surface area contributed by atoms with E-state index in [2.05, 4.69) is 53.8 Å². The molecule has 0 bridgehead atoms. The number of hydrogen-bond acceptors (Lipinski definition) is 2. The highest BCUT2D eigenvalue weighted by Gasteiger charge is 2.29. The number of nitrogens with zero attached hydrogens (tertiary/aromatic N) is 1. The molecule has 0 aromatic heterocycles. The van der Waals surface area contributed by atoms with Gasteiger partial charge < -0.3 is 10.2 Å². The topological polar surface area (TPSA) is 32.3 Å². The molecule has 0 atom stereocenters. The maximum atomic E-state index is 14.0. The molecule has 1 fully saturated rings. The van der Waals surface area contributed by atoms with Crippen LogP contribution in [-0.2, 0) is 0 Å². The zero-order chi connectivity index (χ0) is 24.6. The van der Waals surface area contributed by atoms with Crippen LogP contribution in [0.2, 0.25) is 10.0 Å². The van der Waals surface area contributed by atoms with Crippen molar-refractivity contribution >= 4 is 29.1 Å². The van der Waals surface area contributed by atoms with E-state index in [4.69, 9.17) is 23.2 Å². The highest BCUT2D eigenvalue weighted by atomic mass is 35.5. The zero-order valence-corrected chi connectivity index (χ0v) is 21.8. The first kappa shape index (κ1) is 25.8. The molecule has 0 heterocycles. The Bertz CT molecular complexity index is 1020. The van der Waals surface area contributed by atoms with Gasteiger partial charge in [0.2, 0.25) is 0 Å². The predicted molar refractivity (Wildman–Crippen MR) is 146 cm³/mol. The number of benzene rings is 3. The first-order chi connectivity index (χ1) is 17.1. The average molecular weight is 510 g/mol. The molecule has 0 saturated heterocycles. The van der Waals surface area contributed by atoms with Crippen molar-refractivity contribution in [2.24, 2.45) is 11.8 Å². The summed E-state index contributed by atoms with van der Waals surface area (Å²) in [6, 6.07) is 26.2. The predicted octanol–water partition coefficient (Wildman–Crippen LogP) is 7.29. The molecule has 35 heavy (non-hydrogen) atoms. The lowest BCUT2D eigenvalue weighted by molar-refractivity contribution is 0.0699. The third-order valence-electron chi connectivity index (χ3n) is 7.21. The molecule has 1 aliphatic rings. The van der Waals surface area contributed by atoms with Gasteiger partial charge in [-0.1, -0.05) is 89.9 Å². The van der Waals surface area contributed by atoms with E-state index in [0.29, 0.717) is 34.6 Å². The van der Waals surface area contributed by atoms with Crippen molar-refractivity contribution in [3.63, 3.8) is 0 Å². The summed E-state index contributed by atoms with van der Waals surface area (Å²) >= 11 is 13.0. The highest BCUT2D eigenvalue weighted by molar-refractivity contribution is 6.39. The molecule has 184 valence electrons. The molecular formula is C30H34Cl2N2O. The van der Waals surface area contributed by atoms with Gasteiger partial charge in [0.05, 0.1) is 15.6 Å². The molecule has 3 nitrogen and oxygen atoms in total. The van der Waals surface area contributed by atoms with E-state index in [9.17, 15) is 4.79 Å². The SMILES string of the molecule is CNCC1CCC(CN(CC(c2ccccc2)c2ccccc2)C(=O)c2c(Cl)cccc2Cl)CC1. The summed E-state index contributed by atoms with van der Waals surface area (Å²) in [6.07, 6.45) is 4.66. The van der Waals surface area contributed by atoms with Crippen LogP contribution >= 0.6 is 23.2 Å². The van der Waals surface area contributed by atoms with Crippen molar-refractivity contribution in [1.82, 2.24) is 10.2 Å². The van der Waals surface area contributed by atoms with E-state index in [-0.39, 0.29) is 11.8 Å². The Labute approximate surface area is 219 Å². The van der Waals surface area contributed by atoms with E-state index in [1.54, 1.807) is 18.2 Å². The Morgan fingerprint density at radius 2 is 1.34 bits per heavy atom. The fourth-order valence-corrected chi connectivity index (χ4v) is 5.87. The summed E-state index contributed by atoms with van der Waals surface area (Å²) < 4.78 is 0. The summed E-state index contributed by atoms with van der Waals surface area (Å²) in [5.41, 5.74) is 2.79. The largest absolute Gasteiger partial charge is 0.337 e. The van der Waals surface area contributed by atoms with Crippen molar-refractivity contribution in [3.05, 3.63) is 106 Å². The minimum absolute atomic E-state index is 0.0586. The maximum absolute atomic E-state index is 14.0. The van der Waals surface area contributed by atoms with Crippen molar-refractivity contribution in [1.29, 1.82) is 0 Å². The first-order valence-corrected chi connectivity index (χ1v) is 13.3. The Morgan fingerprint density at radius 1 is 0.829 bits per heavy atom. The molecule has 0 spiro atoms. The second kappa shape index (κ2) is 12.6. The van der Waals surface area contributed by atoms with E-state index in [1.165, 1.54) is 24.0 Å². The lowest BCUT2D eigenvalue weighted by atomic mass is 9.81. The third-order valence-corrected chi connectivity index (χ3v) is 7.84. The minimum atomic E-state index is -0.0881. The molecule has 1 N–H and O–H groups in total. The number of hydrogen-bond donors (Lipinski definition) is 1. The summed E-state index contributed by atoms with van der Waals surface area (Å²) in [5.74, 6) is 1.17. The van der Waals surface area contributed by atoms with Gasteiger partial charge >= 0.3 is 0 Å². The monoisotopic (exact) mass is 508 g/mol. The summed E-state index contributed by atoms with van der Waals surface area (Å²) in [4.78, 5) is 16.0. The van der Waals surface area contributed by atoms with Crippen LogP contribution in [0.4, 0.5) is 0 Å². The average Bonchev–Trinajstić information content (AvgIpc) is 2.88. The van der Waals surface area contributed by atoms with Crippen LogP contribution in [0.15, 0.2) is 78.9 Å². The molecule has 3 aromatic rings. The van der Waals surface area contributed by atoms with Gasteiger partial charge in [-0.2, -0.15) is 0 Å². The van der Waals surface area contributed by atoms with Gasteiger partial charge in [0, 0.05) is 19.0 Å². The minimum Gasteiger partial charge on any atom is -0.337 e. The smallest absolute Gasteiger partial charge is 0.256 e. The normalized spacial score (nSPS) is 17.9. The lowest BCUT2D eigenvalue weighted by Crippen LogP contribution is -2.40.